The summed E-state index contributed by atoms with van der Waals surface area (Å²) in [6, 6.07) is 0. The number of aromatic amines is 1. The summed E-state index contributed by atoms with van der Waals surface area (Å²) in [6.07, 6.45) is -12.4. The van der Waals surface area contributed by atoms with Gasteiger partial charge in [0.15, 0.2) is 6.29 Å². The van der Waals surface area contributed by atoms with Crippen molar-refractivity contribution in [2.75, 3.05) is 13.2 Å². The average Bonchev–Trinajstić information content (AvgIpc) is 3.14. The highest BCUT2D eigenvalue weighted by molar-refractivity contribution is 7.61. The molecule has 0 saturated carbocycles. The Bertz CT molecular complexity index is 1130. The fourth-order valence-electron chi connectivity index (χ4n) is 3.49. The number of H-pyrrole nitrogens is 1. The van der Waals surface area contributed by atoms with Gasteiger partial charge in [0.2, 0.25) is 0 Å². The van der Waals surface area contributed by atoms with E-state index >= 15 is 0 Å². The van der Waals surface area contributed by atoms with Crippen molar-refractivity contribution in [2.24, 2.45) is 0 Å². The molecule has 2 fully saturated rings. The van der Waals surface area contributed by atoms with Gasteiger partial charge in [-0.15, -0.1) is 0 Å². The molecule has 2 aliphatic rings. The van der Waals surface area contributed by atoms with Crippen LogP contribution in [-0.2, 0) is 32.0 Å². The maximum atomic E-state index is 13.0. The number of nitrogens with one attached hydrogen (secondary N) is 1. The molecule has 0 aromatic carbocycles. The SMILES string of the molecule is Cc1cn([C@H]2CC(O)[C@@H](COP(=O)(O[C@@H]3O[C@H](CO)[C@H](O)[C@@H](O)[C@H]3O)OP(=O)(O)O)O2)c(=O)[nH]c1=O. The summed E-state index contributed by atoms with van der Waals surface area (Å²) in [6.45, 7) is -0.349. The van der Waals surface area contributed by atoms with Gasteiger partial charge in [-0.2, -0.15) is 4.31 Å². The van der Waals surface area contributed by atoms with Gasteiger partial charge in [-0.1, -0.05) is 0 Å². The van der Waals surface area contributed by atoms with E-state index in [1.54, 1.807) is 0 Å². The zero-order valence-electron chi connectivity index (χ0n) is 18.5. The number of phosphoric acid groups is 2. The standard InChI is InChI=1S/C16H26N2O16P2/c1-6-3-18(16(25)17-14(6)24)10-2-7(20)9(31-10)5-30-36(29,34-35(26,27)28)33-15-13(23)12(22)11(21)8(4-19)32-15/h3,7-13,15,19-23H,2,4-5H2,1H3,(H,17,24,25)(H2,26,27,28)/t7?,8-,9-,10-,11+,12-,13-,15+,36?/m1/s1. The van der Waals surface area contributed by atoms with E-state index in [4.69, 9.17) is 28.3 Å². The van der Waals surface area contributed by atoms with Gasteiger partial charge in [0.25, 0.3) is 5.56 Å². The van der Waals surface area contributed by atoms with Gasteiger partial charge >= 0.3 is 21.3 Å². The fourth-order valence-corrected chi connectivity index (χ4v) is 5.69. The van der Waals surface area contributed by atoms with Gasteiger partial charge in [-0.3, -0.25) is 23.4 Å². The van der Waals surface area contributed by atoms with E-state index in [-0.39, 0.29) is 12.0 Å². The third-order valence-electron chi connectivity index (χ3n) is 5.35. The van der Waals surface area contributed by atoms with E-state index < -0.39 is 89.2 Å². The van der Waals surface area contributed by atoms with Crippen molar-refractivity contribution in [3.8, 4) is 0 Å². The first-order valence-electron chi connectivity index (χ1n) is 10.3. The number of phosphoric ester groups is 1. The fraction of sp³-hybridized carbons (Fsp3) is 0.750. The molecule has 0 spiro atoms. The van der Waals surface area contributed by atoms with Crippen molar-refractivity contribution in [1.29, 1.82) is 0 Å². The van der Waals surface area contributed by atoms with Crippen LogP contribution in [0.25, 0.3) is 0 Å². The lowest BCUT2D eigenvalue weighted by atomic mass is 10.00. The molecule has 2 unspecified atom stereocenters. The van der Waals surface area contributed by atoms with Crippen molar-refractivity contribution in [1.82, 2.24) is 9.55 Å². The van der Waals surface area contributed by atoms with Crippen molar-refractivity contribution < 1.29 is 67.3 Å². The van der Waals surface area contributed by atoms with Crippen molar-refractivity contribution in [2.45, 2.75) is 62.5 Å². The van der Waals surface area contributed by atoms with Gasteiger partial charge in [-0.05, 0) is 6.92 Å². The molecule has 8 N–H and O–H groups in total. The molecule has 0 radical (unpaired) electrons. The van der Waals surface area contributed by atoms with Gasteiger partial charge in [0, 0.05) is 18.2 Å². The molecule has 0 bridgehead atoms. The quantitative estimate of drug-likeness (QED) is 0.135. The number of aliphatic hydroxyl groups excluding tert-OH is 5. The van der Waals surface area contributed by atoms with E-state index in [1.807, 2.05) is 0 Å². The molecule has 18 nitrogen and oxygen atoms in total. The molecule has 36 heavy (non-hydrogen) atoms. The van der Waals surface area contributed by atoms with Crippen LogP contribution in [0.1, 0.15) is 18.2 Å². The highest BCUT2D eigenvalue weighted by atomic mass is 31.3. The minimum absolute atomic E-state index is 0.167. The molecule has 3 heterocycles. The minimum Gasteiger partial charge on any atom is -0.394 e. The van der Waals surface area contributed by atoms with Crippen LogP contribution in [0, 0.1) is 6.92 Å². The van der Waals surface area contributed by atoms with Crippen LogP contribution in [0.5, 0.6) is 0 Å². The Morgan fingerprint density at radius 2 is 1.75 bits per heavy atom. The second-order valence-electron chi connectivity index (χ2n) is 8.03. The summed E-state index contributed by atoms with van der Waals surface area (Å²) in [5.41, 5.74) is -1.30. The zero-order valence-corrected chi connectivity index (χ0v) is 20.3. The van der Waals surface area contributed by atoms with Crippen molar-refractivity contribution in [3.05, 3.63) is 32.6 Å². The Labute approximate surface area is 201 Å². The summed E-state index contributed by atoms with van der Waals surface area (Å²) in [7, 11) is -10.9. The predicted molar refractivity (Wildman–Crippen MR) is 112 cm³/mol. The second kappa shape index (κ2) is 11.2. The van der Waals surface area contributed by atoms with Crippen LogP contribution in [0.2, 0.25) is 0 Å². The van der Waals surface area contributed by atoms with Crippen molar-refractivity contribution >= 4 is 15.6 Å². The third kappa shape index (κ3) is 6.75. The smallest absolute Gasteiger partial charge is 0.394 e. The van der Waals surface area contributed by atoms with E-state index in [1.165, 1.54) is 13.1 Å². The summed E-state index contributed by atoms with van der Waals surface area (Å²) < 4.78 is 49.6. The molecule has 0 amide bonds. The lowest BCUT2D eigenvalue weighted by Crippen LogP contribution is -2.59. The van der Waals surface area contributed by atoms with E-state index in [2.05, 4.69) is 9.29 Å². The second-order valence-corrected chi connectivity index (χ2v) is 11.0. The number of ether oxygens (including phenoxy) is 2. The number of rotatable bonds is 9. The van der Waals surface area contributed by atoms with Gasteiger partial charge in [0.1, 0.15) is 36.7 Å². The highest BCUT2D eigenvalue weighted by Gasteiger charge is 2.49. The molecule has 1 aromatic heterocycles. The molecule has 206 valence electrons. The van der Waals surface area contributed by atoms with Gasteiger partial charge in [-0.25, -0.2) is 13.9 Å². The topological polar surface area (TPSA) is 277 Å². The summed E-state index contributed by atoms with van der Waals surface area (Å²) in [4.78, 5) is 43.9. The lowest BCUT2D eigenvalue weighted by molar-refractivity contribution is -0.281. The zero-order chi connectivity index (χ0) is 27.0. The highest BCUT2D eigenvalue weighted by Crippen LogP contribution is 2.62. The molecule has 0 aliphatic carbocycles. The van der Waals surface area contributed by atoms with E-state index in [9.17, 15) is 44.3 Å². The van der Waals surface area contributed by atoms with Crippen LogP contribution in [0.4, 0.5) is 0 Å². The Morgan fingerprint density at radius 1 is 1.08 bits per heavy atom. The number of nitrogens with zero attached hydrogens (tertiary/aromatic N) is 1. The normalized spacial score (nSPS) is 35.0. The first kappa shape index (κ1) is 29.2. The third-order valence-corrected chi connectivity index (χ3v) is 7.93. The number of hydrogen-bond acceptors (Lipinski definition) is 14. The van der Waals surface area contributed by atoms with Crippen LogP contribution >= 0.6 is 15.6 Å². The Kier molecular flexibility index (Phi) is 9.08. The number of aromatic nitrogens is 2. The first-order valence-corrected chi connectivity index (χ1v) is 13.3. The summed E-state index contributed by atoms with van der Waals surface area (Å²) >= 11 is 0. The minimum atomic E-state index is -5.57. The molecular weight excluding hydrogens is 538 g/mol. The predicted octanol–water partition coefficient (Wildman–Crippen LogP) is -3.46. The summed E-state index contributed by atoms with van der Waals surface area (Å²) in [5, 5.41) is 49.2. The van der Waals surface area contributed by atoms with Gasteiger partial charge in [0.05, 0.1) is 19.3 Å². The lowest BCUT2D eigenvalue weighted by Gasteiger charge is -2.40. The Balaban J connectivity index is 1.75. The Hall–Kier alpha value is -1.34. The Morgan fingerprint density at radius 3 is 2.36 bits per heavy atom. The molecule has 2 saturated heterocycles. The largest absolute Gasteiger partial charge is 0.486 e. The monoisotopic (exact) mass is 564 g/mol. The number of hydrogen-bond donors (Lipinski definition) is 8. The molecule has 3 rings (SSSR count). The number of aliphatic hydroxyl groups is 5. The van der Waals surface area contributed by atoms with E-state index in [0.717, 1.165) is 4.57 Å². The van der Waals surface area contributed by atoms with Gasteiger partial charge < -0.3 is 44.8 Å². The molecule has 2 aliphatic heterocycles. The van der Waals surface area contributed by atoms with Crippen LogP contribution in [0.15, 0.2) is 15.8 Å². The van der Waals surface area contributed by atoms with Crippen LogP contribution < -0.4 is 11.2 Å². The van der Waals surface area contributed by atoms with Crippen LogP contribution in [-0.4, -0.2) is 101 Å². The average molecular weight is 564 g/mol. The molecule has 1 aromatic rings. The maximum absolute atomic E-state index is 13.0. The van der Waals surface area contributed by atoms with E-state index in [0.29, 0.717) is 0 Å². The molecular formula is C16H26N2O16P2. The molecule has 9 atom stereocenters. The van der Waals surface area contributed by atoms with Crippen molar-refractivity contribution in [3.63, 3.8) is 0 Å². The maximum Gasteiger partial charge on any atom is 0.486 e. The summed E-state index contributed by atoms with van der Waals surface area (Å²) in [5.74, 6) is 0. The van der Waals surface area contributed by atoms with Crippen LogP contribution in [0.3, 0.4) is 0 Å². The first-order chi connectivity index (χ1) is 16.6. The molecule has 20 heteroatoms. The number of aryl methyl sites for hydroxylation is 1.